The van der Waals surface area contributed by atoms with Crippen molar-refractivity contribution in [3.8, 4) is 17.2 Å². The fourth-order valence-corrected chi connectivity index (χ4v) is 3.41. The van der Waals surface area contributed by atoms with Crippen molar-refractivity contribution in [3.05, 3.63) is 78.4 Å². The van der Waals surface area contributed by atoms with Gasteiger partial charge < -0.3 is 15.3 Å². The minimum absolute atomic E-state index is 0.0193. The number of hydrogen-bond donors (Lipinski definition) is 3. The number of para-hydroxylation sites is 1. The first-order valence-corrected chi connectivity index (χ1v) is 9.57. The molecule has 4 aromatic carbocycles. The largest absolute Gasteiger partial charge is 0.506 e. The van der Waals surface area contributed by atoms with Crippen LogP contribution in [0.3, 0.4) is 0 Å². The molecule has 1 aromatic heterocycles. The molecule has 0 aliphatic heterocycles. The Morgan fingerprint density at radius 2 is 1.56 bits per heavy atom. The number of phenolic OH excluding ortho intramolecular Hbond substituents is 2. The Bertz CT molecular complexity index is 1530. The van der Waals surface area contributed by atoms with Gasteiger partial charge in [-0.3, -0.25) is 0 Å². The number of benzene rings is 4. The zero-order valence-corrected chi connectivity index (χ0v) is 16.4. The van der Waals surface area contributed by atoms with Gasteiger partial charge >= 0.3 is 5.97 Å². The summed E-state index contributed by atoms with van der Waals surface area (Å²) in [5.74, 6) is -1.71. The predicted molar refractivity (Wildman–Crippen MR) is 117 cm³/mol. The second-order valence-corrected chi connectivity index (χ2v) is 6.97. The molecular formula is C23H15N5O4. The van der Waals surface area contributed by atoms with Crippen LogP contribution < -0.4 is 0 Å². The van der Waals surface area contributed by atoms with Gasteiger partial charge in [-0.1, -0.05) is 48.5 Å². The minimum Gasteiger partial charge on any atom is -0.506 e. The summed E-state index contributed by atoms with van der Waals surface area (Å²) in [5.41, 5.74) is 0.504. The summed E-state index contributed by atoms with van der Waals surface area (Å²) >= 11 is 0. The zero-order valence-electron chi connectivity index (χ0n) is 16.4. The van der Waals surface area contributed by atoms with Crippen molar-refractivity contribution < 1.29 is 20.1 Å². The summed E-state index contributed by atoms with van der Waals surface area (Å²) in [7, 11) is 0. The highest BCUT2D eigenvalue weighted by Gasteiger charge is 2.21. The van der Waals surface area contributed by atoms with E-state index in [0.717, 1.165) is 5.39 Å². The summed E-state index contributed by atoms with van der Waals surface area (Å²) in [6, 6.07) is 20.6. The quantitative estimate of drug-likeness (QED) is 0.343. The third-order valence-electron chi connectivity index (χ3n) is 4.97. The lowest BCUT2D eigenvalue weighted by molar-refractivity contribution is 0.0699. The lowest BCUT2D eigenvalue weighted by atomic mass is 10.1. The molecule has 32 heavy (non-hydrogen) atoms. The van der Waals surface area contributed by atoms with Crippen LogP contribution in [0.1, 0.15) is 10.4 Å². The van der Waals surface area contributed by atoms with Gasteiger partial charge in [-0.2, -0.15) is 4.80 Å². The molecule has 0 aliphatic carbocycles. The molecule has 0 radical (unpaired) electrons. The molecular weight excluding hydrogens is 410 g/mol. The van der Waals surface area contributed by atoms with Crippen molar-refractivity contribution in [2.75, 3.05) is 0 Å². The predicted octanol–water partition coefficient (Wildman–Crippen LogP) is 5.10. The standard InChI is InChI=1S/C23H15N5O4/c29-18-11-10-13-6-4-5-9-15(13)19(18)25-24-17-12-16(23(31)32)20-21(22(17)30)27-28(26-20)14-7-2-1-3-8-14/h1-12,29-30H,(H,31,32). The number of aromatic hydroxyl groups is 2. The van der Waals surface area contributed by atoms with E-state index in [2.05, 4.69) is 20.4 Å². The van der Waals surface area contributed by atoms with Gasteiger partial charge in [0.1, 0.15) is 22.6 Å². The normalized spacial score (nSPS) is 11.5. The molecule has 0 saturated carbocycles. The third kappa shape index (κ3) is 3.18. The van der Waals surface area contributed by atoms with Crippen molar-refractivity contribution >= 4 is 39.1 Å². The maximum absolute atomic E-state index is 11.9. The van der Waals surface area contributed by atoms with Crippen LogP contribution in [-0.2, 0) is 0 Å². The molecule has 0 aliphatic rings. The van der Waals surface area contributed by atoms with E-state index in [9.17, 15) is 20.1 Å². The van der Waals surface area contributed by atoms with Crippen LogP contribution in [0.25, 0.3) is 27.5 Å². The molecule has 0 atom stereocenters. The van der Waals surface area contributed by atoms with E-state index in [0.29, 0.717) is 11.1 Å². The zero-order chi connectivity index (χ0) is 22.2. The Kier molecular flexibility index (Phi) is 4.48. The van der Waals surface area contributed by atoms with Crippen molar-refractivity contribution in [2.24, 2.45) is 10.2 Å². The van der Waals surface area contributed by atoms with Gasteiger partial charge in [0.2, 0.25) is 0 Å². The Hall–Kier alpha value is -4.79. The summed E-state index contributed by atoms with van der Waals surface area (Å²) in [5, 5.41) is 48.8. The van der Waals surface area contributed by atoms with Gasteiger partial charge in [0.15, 0.2) is 11.3 Å². The molecule has 0 bridgehead atoms. The molecule has 9 heteroatoms. The Morgan fingerprint density at radius 3 is 2.34 bits per heavy atom. The molecule has 0 saturated heterocycles. The number of phenols is 2. The molecule has 3 N–H and O–H groups in total. The third-order valence-corrected chi connectivity index (χ3v) is 4.97. The fraction of sp³-hybridized carbons (Fsp3) is 0. The van der Waals surface area contributed by atoms with Crippen LogP contribution in [-0.4, -0.2) is 36.3 Å². The number of fused-ring (bicyclic) bond motifs is 2. The van der Waals surface area contributed by atoms with E-state index in [1.54, 1.807) is 42.5 Å². The smallest absolute Gasteiger partial charge is 0.338 e. The van der Waals surface area contributed by atoms with E-state index in [-0.39, 0.29) is 39.5 Å². The van der Waals surface area contributed by atoms with Crippen molar-refractivity contribution in [3.63, 3.8) is 0 Å². The van der Waals surface area contributed by atoms with E-state index in [1.165, 1.54) is 16.9 Å². The summed E-state index contributed by atoms with van der Waals surface area (Å²) in [4.78, 5) is 13.1. The van der Waals surface area contributed by atoms with Crippen LogP contribution in [0.5, 0.6) is 11.5 Å². The van der Waals surface area contributed by atoms with Crippen molar-refractivity contribution in [1.82, 2.24) is 15.0 Å². The van der Waals surface area contributed by atoms with Gasteiger partial charge in [-0.05, 0) is 29.7 Å². The average Bonchev–Trinajstić information content (AvgIpc) is 3.26. The maximum atomic E-state index is 11.9. The van der Waals surface area contributed by atoms with Gasteiger partial charge in [-0.15, -0.1) is 20.4 Å². The molecule has 0 unspecified atom stereocenters. The topological polar surface area (TPSA) is 133 Å². The van der Waals surface area contributed by atoms with Gasteiger partial charge in [0.25, 0.3) is 0 Å². The second-order valence-electron chi connectivity index (χ2n) is 6.97. The number of azo groups is 1. The van der Waals surface area contributed by atoms with Gasteiger partial charge in [0, 0.05) is 5.39 Å². The average molecular weight is 425 g/mol. The molecule has 9 nitrogen and oxygen atoms in total. The number of carboxylic acids is 1. The first-order valence-electron chi connectivity index (χ1n) is 9.57. The summed E-state index contributed by atoms with van der Waals surface area (Å²) < 4.78 is 0. The molecule has 1 heterocycles. The number of carbonyl (C=O) groups is 1. The number of aromatic nitrogens is 3. The van der Waals surface area contributed by atoms with Crippen LogP contribution in [0.15, 0.2) is 83.0 Å². The number of carboxylic acid groups (broad SMARTS) is 1. The SMILES string of the molecule is O=C(O)c1cc(N=Nc2c(O)ccc3ccccc23)c(O)c2nn(-c3ccccc3)nc12. The molecule has 156 valence electrons. The number of hydrogen-bond acceptors (Lipinski definition) is 7. The van der Waals surface area contributed by atoms with Crippen LogP contribution in [0.4, 0.5) is 11.4 Å². The van der Waals surface area contributed by atoms with Crippen LogP contribution >= 0.6 is 0 Å². The fourth-order valence-electron chi connectivity index (χ4n) is 3.41. The first kappa shape index (κ1) is 19.2. The van der Waals surface area contributed by atoms with Crippen LogP contribution in [0, 0.1) is 0 Å². The van der Waals surface area contributed by atoms with Gasteiger partial charge in [0.05, 0.1) is 11.3 Å². The highest BCUT2D eigenvalue weighted by Crippen LogP contribution is 2.40. The van der Waals surface area contributed by atoms with E-state index >= 15 is 0 Å². The highest BCUT2D eigenvalue weighted by molar-refractivity contribution is 6.04. The lowest BCUT2D eigenvalue weighted by Crippen LogP contribution is -1.99. The lowest BCUT2D eigenvalue weighted by Gasteiger charge is -2.04. The monoisotopic (exact) mass is 425 g/mol. The van der Waals surface area contributed by atoms with E-state index in [4.69, 9.17) is 0 Å². The van der Waals surface area contributed by atoms with E-state index in [1.807, 2.05) is 18.2 Å². The Morgan fingerprint density at radius 1 is 0.844 bits per heavy atom. The minimum atomic E-state index is -1.25. The number of rotatable bonds is 4. The van der Waals surface area contributed by atoms with E-state index < -0.39 is 5.97 Å². The Balaban J connectivity index is 1.68. The number of aromatic carboxylic acids is 1. The van der Waals surface area contributed by atoms with Crippen LogP contribution in [0.2, 0.25) is 0 Å². The molecule has 0 spiro atoms. The van der Waals surface area contributed by atoms with Gasteiger partial charge in [-0.25, -0.2) is 4.79 Å². The molecule has 0 fully saturated rings. The molecule has 0 amide bonds. The summed E-state index contributed by atoms with van der Waals surface area (Å²) in [6.07, 6.45) is 0. The first-order chi connectivity index (χ1) is 15.5. The maximum Gasteiger partial charge on any atom is 0.338 e. The van der Waals surface area contributed by atoms with Crippen molar-refractivity contribution in [2.45, 2.75) is 0 Å². The van der Waals surface area contributed by atoms with Crippen molar-refractivity contribution in [1.29, 1.82) is 0 Å². The second kappa shape index (κ2) is 7.47. The molecule has 5 rings (SSSR count). The molecule has 5 aromatic rings. The highest BCUT2D eigenvalue weighted by atomic mass is 16.4. The summed E-state index contributed by atoms with van der Waals surface area (Å²) in [6.45, 7) is 0. The number of nitrogens with zero attached hydrogens (tertiary/aromatic N) is 5. The Labute approximate surface area is 180 Å².